The monoisotopic (exact) mass is 648 g/mol. The van der Waals surface area contributed by atoms with E-state index in [1.165, 1.54) is 45.7 Å². The smallest absolute Gasteiger partial charge is 0.108 e. The lowest BCUT2D eigenvalue weighted by Crippen LogP contribution is -2.54. The molecule has 4 aliphatic rings. The molecule has 10 heteroatoms. The molecule has 0 bridgehead atoms. The molecule has 2 fully saturated rings. The summed E-state index contributed by atoms with van der Waals surface area (Å²) < 4.78 is 0. The summed E-state index contributed by atoms with van der Waals surface area (Å²) in [6.45, 7) is 9.28. The predicted octanol–water partition coefficient (Wildman–Crippen LogP) is 8.32. The highest BCUT2D eigenvalue weighted by molar-refractivity contribution is 8.03. The molecule has 4 heterocycles. The minimum Gasteiger partial charge on any atom is -0.345 e. The maximum atomic E-state index is 5.91. The summed E-state index contributed by atoms with van der Waals surface area (Å²) in [5, 5.41) is 0.215. The first-order chi connectivity index (χ1) is 17.5. The SMILES string of the molecule is CC(C)(CCSCCCSCCC(C)(C)N1C(=S)C=C2SCCC2C1S)N1C(=S)C=C2SCCC2C1=S. The van der Waals surface area contributed by atoms with Gasteiger partial charge in [0.1, 0.15) is 9.98 Å². The van der Waals surface area contributed by atoms with Crippen LogP contribution in [0, 0.1) is 11.8 Å². The molecule has 0 amide bonds. The third-order valence-corrected chi connectivity index (χ3v) is 13.9. The van der Waals surface area contributed by atoms with E-state index < -0.39 is 0 Å². The van der Waals surface area contributed by atoms with Crippen LogP contribution in [-0.4, -0.2) is 75.7 Å². The quantitative estimate of drug-likeness (QED) is 0.126. The van der Waals surface area contributed by atoms with E-state index in [1.54, 1.807) is 0 Å². The van der Waals surface area contributed by atoms with Gasteiger partial charge in [0.25, 0.3) is 0 Å². The summed E-state index contributed by atoms with van der Waals surface area (Å²) in [5.74, 6) is 8.08. The lowest BCUT2D eigenvalue weighted by atomic mass is 9.93. The Hall–Kier alpha value is 1.10. The first-order valence-electron chi connectivity index (χ1n) is 13.3. The van der Waals surface area contributed by atoms with E-state index in [9.17, 15) is 0 Å². The van der Waals surface area contributed by atoms with Crippen LogP contribution in [0.2, 0.25) is 0 Å². The molecule has 0 N–H and O–H groups in total. The van der Waals surface area contributed by atoms with E-state index in [2.05, 4.69) is 73.2 Å². The number of thiocarbonyl (C=S) groups is 3. The molecule has 0 aromatic heterocycles. The van der Waals surface area contributed by atoms with Crippen LogP contribution in [0.4, 0.5) is 0 Å². The second kappa shape index (κ2) is 13.4. The number of fused-ring (bicyclic) bond motifs is 2. The summed E-state index contributed by atoms with van der Waals surface area (Å²) in [6.07, 6.45) is 10.3. The maximum absolute atomic E-state index is 5.91. The van der Waals surface area contributed by atoms with Gasteiger partial charge in [0, 0.05) is 22.9 Å². The summed E-state index contributed by atoms with van der Waals surface area (Å²) in [5.41, 5.74) is 0.0126. The van der Waals surface area contributed by atoms with Gasteiger partial charge in [0.2, 0.25) is 0 Å². The highest BCUT2D eigenvalue weighted by Crippen LogP contribution is 2.46. The standard InChI is InChI=1S/C27H40N2S8/c1-26(2,28-22(30)16-20-18(24(28)32)6-12-36-20)8-14-34-10-5-11-35-15-9-27(3,4)29-23(31)17-21-19(25(29)33)7-13-37-21/h16-19,24,32H,5-15H2,1-4H3. The van der Waals surface area contributed by atoms with Gasteiger partial charge in [-0.3, -0.25) is 0 Å². The van der Waals surface area contributed by atoms with Gasteiger partial charge in [-0.2, -0.15) is 36.2 Å². The number of hydrogen-bond acceptors (Lipinski definition) is 8. The molecule has 4 aliphatic heterocycles. The van der Waals surface area contributed by atoms with E-state index >= 15 is 0 Å². The fraction of sp³-hybridized carbons (Fsp3) is 0.741. The molecule has 0 spiro atoms. The number of nitrogens with zero attached hydrogens (tertiary/aromatic N) is 2. The maximum Gasteiger partial charge on any atom is 0.108 e. The fourth-order valence-electron chi connectivity index (χ4n) is 5.47. The van der Waals surface area contributed by atoms with Crippen molar-refractivity contribution in [3.63, 3.8) is 0 Å². The molecular weight excluding hydrogens is 609 g/mol. The van der Waals surface area contributed by atoms with Crippen molar-refractivity contribution in [2.75, 3.05) is 34.5 Å². The highest BCUT2D eigenvalue weighted by atomic mass is 32.2. The first-order valence-corrected chi connectivity index (χ1v) is 19.3. The van der Waals surface area contributed by atoms with Gasteiger partial charge in [0.05, 0.1) is 10.4 Å². The van der Waals surface area contributed by atoms with Crippen molar-refractivity contribution >= 4 is 111 Å². The zero-order chi connectivity index (χ0) is 26.8. The molecule has 206 valence electrons. The average Bonchev–Trinajstić information content (AvgIpc) is 3.47. The van der Waals surface area contributed by atoms with Gasteiger partial charge in [0.15, 0.2) is 0 Å². The summed E-state index contributed by atoms with van der Waals surface area (Å²) >= 11 is 30.5. The van der Waals surface area contributed by atoms with Crippen LogP contribution in [0.3, 0.4) is 0 Å². The van der Waals surface area contributed by atoms with Crippen LogP contribution >= 0.6 is 96.3 Å². The Kier molecular flexibility index (Phi) is 11.2. The van der Waals surface area contributed by atoms with Crippen molar-refractivity contribution in [2.45, 2.75) is 76.3 Å². The van der Waals surface area contributed by atoms with Crippen LogP contribution in [-0.2, 0) is 0 Å². The van der Waals surface area contributed by atoms with Crippen LogP contribution in [0.15, 0.2) is 22.0 Å². The molecule has 2 nitrogen and oxygen atoms in total. The van der Waals surface area contributed by atoms with Gasteiger partial charge in [-0.1, -0.05) is 36.7 Å². The summed E-state index contributed by atoms with van der Waals surface area (Å²) in [6, 6.07) is 0. The van der Waals surface area contributed by atoms with Crippen LogP contribution < -0.4 is 0 Å². The Labute approximate surface area is 263 Å². The van der Waals surface area contributed by atoms with Gasteiger partial charge in [-0.05, 0) is 116 Å². The van der Waals surface area contributed by atoms with Crippen molar-refractivity contribution in [1.82, 2.24) is 9.80 Å². The van der Waals surface area contributed by atoms with E-state index in [0.717, 1.165) is 45.7 Å². The molecule has 3 unspecified atom stereocenters. The molecule has 0 saturated carbocycles. The average molecular weight is 649 g/mol. The van der Waals surface area contributed by atoms with Crippen LogP contribution in [0.5, 0.6) is 0 Å². The molecule has 0 aromatic carbocycles. The minimum absolute atomic E-state index is 0.0240. The topological polar surface area (TPSA) is 6.48 Å². The molecule has 4 rings (SSSR count). The number of hydrogen-bond donors (Lipinski definition) is 1. The van der Waals surface area contributed by atoms with Gasteiger partial charge in [-0.15, -0.1) is 23.5 Å². The van der Waals surface area contributed by atoms with Crippen molar-refractivity contribution in [3.05, 3.63) is 22.0 Å². The third-order valence-electron chi connectivity index (χ3n) is 7.77. The molecule has 3 atom stereocenters. The first kappa shape index (κ1) is 31.0. The highest BCUT2D eigenvalue weighted by Gasteiger charge is 2.42. The molecule has 2 saturated heterocycles. The zero-order valence-corrected chi connectivity index (χ0v) is 29.0. The second-order valence-corrected chi connectivity index (χ2v) is 17.9. The molecule has 0 aliphatic carbocycles. The Balaban J connectivity index is 1.12. The van der Waals surface area contributed by atoms with Gasteiger partial charge >= 0.3 is 0 Å². The lowest BCUT2D eigenvalue weighted by Gasteiger charge is -2.47. The Morgan fingerprint density at radius 2 is 1.46 bits per heavy atom. The Morgan fingerprint density at radius 3 is 2.16 bits per heavy atom. The van der Waals surface area contributed by atoms with E-state index in [-0.39, 0.29) is 16.5 Å². The van der Waals surface area contributed by atoms with Gasteiger partial charge in [-0.25, -0.2) is 0 Å². The number of rotatable bonds is 12. The Morgan fingerprint density at radius 1 is 0.865 bits per heavy atom. The normalized spacial score (nSPS) is 26.4. The van der Waals surface area contributed by atoms with E-state index in [4.69, 9.17) is 49.3 Å². The van der Waals surface area contributed by atoms with Gasteiger partial charge < -0.3 is 9.80 Å². The number of thioether (sulfide) groups is 4. The lowest BCUT2D eigenvalue weighted by molar-refractivity contribution is 0.174. The molecular formula is C27H40N2S8. The molecule has 0 radical (unpaired) electrons. The Bertz CT molecular complexity index is 956. The number of thiol groups is 1. The third kappa shape index (κ3) is 7.31. The van der Waals surface area contributed by atoms with Crippen molar-refractivity contribution < 1.29 is 0 Å². The van der Waals surface area contributed by atoms with E-state index in [0.29, 0.717) is 11.8 Å². The largest absolute Gasteiger partial charge is 0.345 e. The molecule has 37 heavy (non-hydrogen) atoms. The van der Waals surface area contributed by atoms with Crippen molar-refractivity contribution in [1.29, 1.82) is 0 Å². The summed E-state index contributed by atoms with van der Waals surface area (Å²) in [7, 11) is 0. The van der Waals surface area contributed by atoms with E-state index in [1.807, 2.05) is 23.5 Å². The predicted molar refractivity (Wildman–Crippen MR) is 188 cm³/mol. The van der Waals surface area contributed by atoms with Crippen molar-refractivity contribution in [3.8, 4) is 0 Å². The van der Waals surface area contributed by atoms with Crippen LogP contribution in [0.25, 0.3) is 0 Å². The zero-order valence-electron chi connectivity index (χ0n) is 22.4. The van der Waals surface area contributed by atoms with Crippen LogP contribution in [0.1, 0.15) is 59.8 Å². The minimum atomic E-state index is -0.0240. The summed E-state index contributed by atoms with van der Waals surface area (Å²) in [4.78, 5) is 10.5. The fourth-order valence-corrected chi connectivity index (χ4v) is 13.3. The van der Waals surface area contributed by atoms with Crippen molar-refractivity contribution in [2.24, 2.45) is 11.8 Å². The second-order valence-electron chi connectivity index (χ2n) is 11.4. The molecule has 0 aromatic rings.